The molecule has 1 aromatic heterocycles. The largest absolute Gasteiger partial charge is 0.510 e. The minimum Gasteiger partial charge on any atom is -0.510 e. The van der Waals surface area contributed by atoms with Gasteiger partial charge in [-0.1, -0.05) is 30.3 Å². The van der Waals surface area contributed by atoms with Gasteiger partial charge in [0.1, 0.15) is 16.6 Å². The van der Waals surface area contributed by atoms with Gasteiger partial charge in [-0.2, -0.15) is 0 Å². The van der Waals surface area contributed by atoms with Crippen LogP contribution in [0.1, 0.15) is 17.8 Å². The molecule has 2 N–H and O–H groups in total. The monoisotopic (exact) mass is 341 g/mol. The molecular weight excluding hydrogens is 322 g/mol. The second kappa shape index (κ2) is 6.37. The highest BCUT2D eigenvalue weighted by molar-refractivity contribution is 7.11. The summed E-state index contributed by atoms with van der Waals surface area (Å²) >= 11 is 1.47. The lowest BCUT2D eigenvalue weighted by atomic mass is 10.2. The second-order valence-corrected chi connectivity index (χ2v) is 6.95. The Morgan fingerprint density at radius 2 is 2.17 bits per heavy atom. The maximum absolute atomic E-state index is 10.4. The van der Waals surface area contributed by atoms with Gasteiger partial charge >= 0.3 is 0 Å². The van der Waals surface area contributed by atoms with Gasteiger partial charge < -0.3 is 14.7 Å². The summed E-state index contributed by atoms with van der Waals surface area (Å²) in [6, 6.07) is 9.95. The average molecular weight is 341 g/mol. The highest BCUT2D eigenvalue weighted by Crippen LogP contribution is 2.32. The molecule has 6 heteroatoms. The van der Waals surface area contributed by atoms with Gasteiger partial charge in [-0.15, -0.1) is 11.3 Å². The fourth-order valence-corrected chi connectivity index (χ4v) is 4.07. The molecule has 0 bridgehead atoms. The van der Waals surface area contributed by atoms with Gasteiger partial charge in [0.2, 0.25) is 0 Å². The summed E-state index contributed by atoms with van der Waals surface area (Å²) in [6.45, 7) is 1.82. The Balaban J connectivity index is 1.54. The molecule has 1 aromatic carbocycles. The van der Waals surface area contributed by atoms with Crippen molar-refractivity contribution in [1.29, 1.82) is 5.41 Å². The lowest BCUT2D eigenvalue weighted by Gasteiger charge is -2.21. The molecule has 1 fully saturated rings. The normalized spacial score (nSPS) is 21.1. The van der Waals surface area contributed by atoms with Gasteiger partial charge in [0.15, 0.2) is 0 Å². The van der Waals surface area contributed by atoms with E-state index in [1.54, 1.807) is 0 Å². The lowest BCUT2D eigenvalue weighted by Crippen LogP contribution is -2.34. The third-order valence-electron chi connectivity index (χ3n) is 4.42. The minimum atomic E-state index is 0.161. The molecule has 124 valence electrons. The van der Waals surface area contributed by atoms with Crippen LogP contribution >= 0.6 is 11.3 Å². The Morgan fingerprint density at radius 3 is 2.92 bits per heavy atom. The zero-order valence-electron chi connectivity index (χ0n) is 13.2. The van der Waals surface area contributed by atoms with Crippen molar-refractivity contribution in [2.24, 2.45) is 0 Å². The molecule has 0 saturated carbocycles. The Kier molecular flexibility index (Phi) is 4.08. The van der Waals surface area contributed by atoms with Crippen molar-refractivity contribution in [3.8, 4) is 11.3 Å². The van der Waals surface area contributed by atoms with Gasteiger partial charge in [0, 0.05) is 24.1 Å². The molecule has 4 rings (SSSR count). The number of hydrogen-bond acceptors (Lipinski definition) is 5. The van der Waals surface area contributed by atoms with Crippen LogP contribution in [0.4, 0.5) is 0 Å². The summed E-state index contributed by atoms with van der Waals surface area (Å²) in [7, 11) is 0. The number of amidine groups is 1. The van der Waals surface area contributed by atoms with E-state index in [9.17, 15) is 5.11 Å². The van der Waals surface area contributed by atoms with Gasteiger partial charge in [0.05, 0.1) is 23.9 Å². The van der Waals surface area contributed by atoms with E-state index in [-0.39, 0.29) is 11.9 Å². The first kappa shape index (κ1) is 15.4. The Hall–Kier alpha value is -2.18. The van der Waals surface area contributed by atoms with E-state index < -0.39 is 0 Å². The molecule has 0 unspecified atom stereocenters. The van der Waals surface area contributed by atoms with Crippen LogP contribution in [-0.4, -0.2) is 46.6 Å². The smallest absolute Gasteiger partial charge is 0.135 e. The number of rotatable bonds is 4. The Labute approximate surface area is 144 Å². The SMILES string of the molecule is N=C1C(c2nc(-c3ccccc3)cs2)=C(O)CN1C[C@H]1CCCO1. The summed E-state index contributed by atoms with van der Waals surface area (Å²) in [5.74, 6) is 0.573. The number of aliphatic hydroxyl groups is 1. The van der Waals surface area contributed by atoms with Crippen molar-refractivity contribution in [3.05, 3.63) is 46.5 Å². The van der Waals surface area contributed by atoms with Crippen molar-refractivity contribution in [3.63, 3.8) is 0 Å². The van der Waals surface area contributed by atoms with E-state index in [1.165, 1.54) is 11.3 Å². The van der Waals surface area contributed by atoms with E-state index >= 15 is 0 Å². The first-order valence-corrected chi connectivity index (χ1v) is 8.99. The number of aliphatic hydroxyl groups excluding tert-OH is 1. The highest BCUT2D eigenvalue weighted by atomic mass is 32.1. The minimum absolute atomic E-state index is 0.161. The van der Waals surface area contributed by atoms with Gasteiger partial charge in [-0.3, -0.25) is 5.41 Å². The van der Waals surface area contributed by atoms with Crippen molar-refractivity contribution in [2.45, 2.75) is 18.9 Å². The average Bonchev–Trinajstić information content (AvgIpc) is 3.31. The fourth-order valence-electron chi connectivity index (χ4n) is 3.18. The molecule has 1 saturated heterocycles. The van der Waals surface area contributed by atoms with E-state index in [0.29, 0.717) is 29.5 Å². The molecule has 24 heavy (non-hydrogen) atoms. The standard InChI is InChI=1S/C18H19N3O2S/c19-17-16(15(22)10-21(17)9-13-7-4-8-23-13)18-20-14(11-24-18)12-5-2-1-3-6-12/h1-3,5-6,11,13,19,22H,4,7-10H2/t13-/m1/s1. The lowest BCUT2D eigenvalue weighted by molar-refractivity contribution is 0.0924. The van der Waals surface area contributed by atoms with Crippen LogP contribution in [0.3, 0.4) is 0 Å². The number of aromatic nitrogens is 1. The van der Waals surface area contributed by atoms with Crippen LogP contribution < -0.4 is 0 Å². The number of ether oxygens (including phenoxy) is 1. The van der Waals surface area contributed by atoms with Crippen molar-refractivity contribution in [2.75, 3.05) is 19.7 Å². The van der Waals surface area contributed by atoms with E-state index in [2.05, 4.69) is 4.98 Å². The molecule has 0 spiro atoms. The maximum atomic E-state index is 10.4. The molecule has 1 atom stereocenters. The van der Waals surface area contributed by atoms with Gasteiger partial charge in [-0.05, 0) is 12.8 Å². The molecule has 0 amide bonds. The number of hydrogen-bond donors (Lipinski definition) is 2. The molecule has 2 aliphatic rings. The van der Waals surface area contributed by atoms with Crippen molar-refractivity contribution in [1.82, 2.24) is 9.88 Å². The quantitative estimate of drug-likeness (QED) is 0.892. The maximum Gasteiger partial charge on any atom is 0.135 e. The fraction of sp³-hybridized carbons (Fsp3) is 0.333. The van der Waals surface area contributed by atoms with Crippen molar-refractivity contribution < 1.29 is 9.84 Å². The molecule has 2 aliphatic heterocycles. The predicted octanol–water partition coefficient (Wildman–Crippen LogP) is 3.55. The molecule has 3 heterocycles. The first-order chi connectivity index (χ1) is 11.7. The van der Waals surface area contributed by atoms with Crippen LogP contribution in [-0.2, 0) is 4.74 Å². The predicted molar refractivity (Wildman–Crippen MR) is 95.4 cm³/mol. The van der Waals surface area contributed by atoms with Gasteiger partial charge in [0.25, 0.3) is 0 Å². The topological polar surface area (TPSA) is 69.4 Å². The summed E-state index contributed by atoms with van der Waals surface area (Å²) in [5, 5.41) is 21.5. The summed E-state index contributed by atoms with van der Waals surface area (Å²) < 4.78 is 5.65. The summed E-state index contributed by atoms with van der Waals surface area (Å²) in [6.07, 6.45) is 2.26. The number of nitrogens with one attached hydrogen (secondary N) is 1. The van der Waals surface area contributed by atoms with Crippen molar-refractivity contribution >= 4 is 22.7 Å². The Bertz CT molecular complexity index is 779. The molecular formula is C18H19N3O2S. The van der Waals surface area contributed by atoms with Gasteiger partial charge in [-0.25, -0.2) is 4.98 Å². The third kappa shape index (κ3) is 2.83. The Morgan fingerprint density at radius 1 is 1.33 bits per heavy atom. The molecule has 0 aliphatic carbocycles. The summed E-state index contributed by atoms with van der Waals surface area (Å²) in [4.78, 5) is 6.51. The third-order valence-corrected chi connectivity index (χ3v) is 5.28. The van der Waals surface area contributed by atoms with E-state index in [1.807, 2.05) is 40.6 Å². The van der Waals surface area contributed by atoms with Crippen LogP contribution in [0, 0.1) is 5.41 Å². The number of nitrogens with zero attached hydrogens (tertiary/aromatic N) is 2. The molecule has 0 radical (unpaired) electrons. The van der Waals surface area contributed by atoms with E-state index in [4.69, 9.17) is 10.1 Å². The zero-order valence-corrected chi connectivity index (χ0v) is 14.1. The highest BCUT2D eigenvalue weighted by Gasteiger charge is 2.32. The van der Waals surface area contributed by atoms with Crippen LogP contribution in [0.5, 0.6) is 0 Å². The van der Waals surface area contributed by atoms with Crippen LogP contribution in [0.25, 0.3) is 16.8 Å². The van der Waals surface area contributed by atoms with Crippen LogP contribution in [0.15, 0.2) is 41.5 Å². The second-order valence-electron chi connectivity index (χ2n) is 6.09. The molecule has 2 aromatic rings. The number of thiazole rings is 1. The summed E-state index contributed by atoms with van der Waals surface area (Å²) in [5.41, 5.74) is 2.47. The first-order valence-electron chi connectivity index (χ1n) is 8.11. The zero-order chi connectivity index (χ0) is 16.5. The number of benzene rings is 1. The molecule has 5 nitrogen and oxygen atoms in total. The van der Waals surface area contributed by atoms with Crippen LogP contribution in [0.2, 0.25) is 0 Å². The van der Waals surface area contributed by atoms with E-state index in [0.717, 1.165) is 30.7 Å².